The van der Waals surface area contributed by atoms with Crippen molar-refractivity contribution in [3.05, 3.63) is 24.7 Å². The van der Waals surface area contributed by atoms with Gasteiger partial charge in [0.2, 0.25) is 5.95 Å². The summed E-state index contributed by atoms with van der Waals surface area (Å²) in [6, 6.07) is 1.74. The van der Waals surface area contributed by atoms with Crippen LogP contribution in [0, 0.1) is 0 Å². The summed E-state index contributed by atoms with van der Waals surface area (Å²) in [7, 11) is -0.719. The van der Waals surface area contributed by atoms with Crippen LogP contribution in [0.3, 0.4) is 0 Å². The predicted octanol–water partition coefficient (Wildman–Crippen LogP) is 1.95. The Morgan fingerprint density at radius 1 is 1.26 bits per heavy atom. The minimum absolute atomic E-state index is 0.0111. The average Bonchev–Trinajstić information content (AvgIpc) is 3.26. The molecule has 11 heteroatoms. The monoisotopic (exact) mass is 446 g/mol. The number of piperidine rings is 1. The molecule has 0 radical (unpaired) electrons. The molecule has 168 valence electrons. The molecule has 2 atom stereocenters. The first kappa shape index (κ1) is 23.0. The van der Waals surface area contributed by atoms with Gasteiger partial charge in [0.25, 0.3) is 0 Å². The second kappa shape index (κ2) is 11.1. The molecular weight excluding hydrogens is 416 g/mol. The first-order valence-corrected chi connectivity index (χ1v) is 11.9. The van der Waals surface area contributed by atoms with Crippen molar-refractivity contribution < 1.29 is 9.32 Å². The molecule has 1 saturated heterocycles. The highest BCUT2D eigenvalue weighted by Gasteiger charge is 2.13. The lowest BCUT2D eigenvalue weighted by atomic mass is 10.2. The summed E-state index contributed by atoms with van der Waals surface area (Å²) in [6.45, 7) is 4.04. The number of nitrogens with one attached hydrogen (secondary N) is 2. The molecule has 0 spiro atoms. The van der Waals surface area contributed by atoms with Gasteiger partial charge in [-0.3, -0.25) is 0 Å². The molecule has 1 aliphatic rings. The van der Waals surface area contributed by atoms with Gasteiger partial charge in [0.1, 0.15) is 11.3 Å². The van der Waals surface area contributed by atoms with Gasteiger partial charge in [-0.2, -0.15) is 4.98 Å². The van der Waals surface area contributed by atoms with Gasteiger partial charge in [0, 0.05) is 31.7 Å². The lowest BCUT2D eigenvalue weighted by Gasteiger charge is -2.22. The van der Waals surface area contributed by atoms with E-state index in [-0.39, 0.29) is 12.6 Å². The van der Waals surface area contributed by atoms with E-state index in [9.17, 15) is 9.32 Å². The van der Waals surface area contributed by atoms with Crippen molar-refractivity contribution in [3.63, 3.8) is 0 Å². The maximum absolute atomic E-state index is 10.8. The molecule has 4 heterocycles. The van der Waals surface area contributed by atoms with E-state index < -0.39 is 11.0 Å². The Morgan fingerprint density at radius 3 is 2.65 bits per heavy atom. The van der Waals surface area contributed by atoms with Crippen LogP contribution < -0.4 is 11.1 Å². The topological polar surface area (TPSA) is 146 Å². The van der Waals surface area contributed by atoms with Crippen LogP contribution in [-0.4, -0.2) is 70.5 Å². The fourth-order valence-corrected chi connectivity index (χ4v) is 3.98. The number of nitrogens with two attached hydrogens (primary N) is 1. The SMILES string of the molecule is CC[C@@H](CO)Nc1ncc(-c2cnc3[nH]ccc3n2)c(N)n1.CS(=O)N1CCCCC1. The number of hydrogen-bond donors (Lipinski definition) is 4. The molecule has 3 aromatic rings. The number of anilines is 2. The van der Waals surface area contributed by atoms with Gasteiger partial charge in [-0.25, -0.2) is 23.5 Å². The van der Waals surface area contributed by atoms with Gasteiger partial charge >= 0.3 is 0 Å². The smallest absolute Gasteiger partial charge is 0.224 e. The van der Waals surface area contributed by atoms with Crippen molar-refractivity contribution >= 4 is 33.9 Å². The molecule has 4 rings (SSSR count). The molecule has 0 aliphatic carbocycles. The summed E-state index contributed by atoms with van der Waals surface area (Å²) < 4.78 is 12.9. The van der Waals surface area contributed by atoms with Gasteiger partial charge in [-0.15, -0.1) is 0 Å². The number of nitrogens with zero attached hydrogens (tertiary/aromatic N) is 5. The van der Waals surface area contributed by atoms with Crippen LogP contribution in [0.15, 0.2) is 24.7 Å². The maximum Gasteiger partial charge on any atom is 0.224 e. The Morgan fingerprint density at radius 2 is 2.03 bits per heavy atom. The third-order valence-corrected chi connectivity index (χ3v) is 6.17. The number of aliphatic hydroxyl groups is 1. The Balaban J connectivity index is 0.000000254. The highest BCUT2D eigenvalue weighted by molar-refractivity contribution is 7.81. The van der Waals surface area contributed by atoms with E-state index in [0.717, 1.165) is 30.7 Å². The number of hydrogen-bond acceptors (Lipinski definition) is 8. The van der Waals surface area contributed by atoms with Crippen LogP contribution >= 0.6 is 0 Å². The van der Waals surface area contributed by atoms with E-state index in [1.165, 1.54) is 19.3 Å². The number of aliphatic hydroxyl groups excluding tert-OH is 1. The second-order valence-corrected chi connectivity index (χ2v) is 8.67. The first-order chi connectivity index (χ1) is 15.0. The van der Waals surface area contributed by atoms with E-state index in [1.54, 1.807) is 24.8 Å². The average molecular weight is 447 g/mol. The molecule has 10 nitrogen and oxygen atoms in total. The molecular formula is C20H30N8O2S. The number of rotatable bonds is 6. The standard InChI is InChI=1S/C14H17N7O.C6H13NOS/c1-2-8(7-22)19-14-18-5-9(12(15)21-14)11-6-17-13-10(20-11)3-4-16-13;1-9(8)7-5-3-2-4-6-7/h3-6,8,22H,2,7H2,1H3,(H,16,17)(H3,15,18,19,21);2-6H2,1H3/t8-;/m0./s1. The van der Waals surface area contributed by atoms with E-state index in [0.29, 0.717) is 23.0 Å². The zero-order chi connectivity index (χ0) is 22.2. The molecule has 0 bridgehead atoms. The van der Waals surface area contributed by atoms with Crippen LogP contribution in [0.25, 0.3) is 22.4 Å². The van der Waals surface area contributed by atoms with Gasteiger partial charge in [0.05, 0.1) is 41.1 Å². The highest BCUT2D eigenvalue weighted by Crippen LogP contribution is 2.23. The molecule has 0 amide bonds. The molecule has 3 aromatic heterocycles. The van der Waals surface area contributed by atoms with Gasteiger partial charge in [-0.05, 0) is 25.3 Å². The van der Waals surface area contributed by atoms with Crippen LogP contribution in [0.4, 0.5) is 11.8 Å². The molecule has 1 unspecified atom stereocenters. The largest absolute Gasteiger partial charge is 0.394 e. The van der Waals surface area contributed by atoms with E-state index >= 15 is 0 Å². The maximum atomic E-state index is 10.8. The highest BCUT2D eigenvalue weighted by atomic mass is 32.2. The third kappa shape index (κ3) is 6.18. The predicted molar refractivity (Wildman–Crippen MR) is 124 cm³/mol. The molecule has 31 heavy (non-hydrogen) atoms. The van der Waals surface area contributed by atoms with Crippen molar-refractivity contribution in [2.75, 3.05) is 37.0 Å². The Kier molecular flexibility index (Phi) is 8.27. The minimum Gasteiger partial charge on any atom is -0.394 e. The Bertz CT molecular complexity index is 1000. The normalized spacial score (nSPS) is 16.4. The molecule has 0 saturated carbocycles. The first-order valence-electron chi connectivity index (χ1n) is 10.4. The Labute approximate surface area is 184 Å². The zero-order valence-corrected chi connectivity index (χ0v) is 18.7. The molecule has 1 fully saturated rings. The number of fused-ring (bicyclic) bond motifs is 1. The van der Waals surface area contributed by atoms with E-state index in [1.807, 2.05) is 17.3 Å². The van der Waals surface area contributed by atoms with Crippen LogP contribution in [0.5, 0.6) is 0 Å². The summed E-state index contributed by atoms with van der Waals surface area (Å²) in [5.74, 6) is 0.701. The quantitative estimate of drug-likeness (QED) is 0.449. The number of aromatic nitrogens is 5. The summed E-state index contributed by atoms with van der Waals surface area (Å²) in [5, 5.41) is 12.2. The van der Waals surface area contributed by atoms with Crippen molar-refractivity contribution in [3.8, 4) is 11.3 Å². The van der Waals surface area contributed by atoms with Crippen molar-refractivity contribution in [1.29, 1.82) is 0 Å². The van der Waals surface area contributed by atoms with Crippen LogP contribution in [0.1, 0.15) is 32.6 Å². The number of aromatic amines is 1. The van der Waals surface area contributed by atoms with Crippen LogP contribution in [-0.2, 0) is 11.0 Å². The van der Waals surface area contributed by atoms with Gasteiger partial charge in [0.15, 0.2) is 5.65 Å². The lowest BCUT2D eigenvalue weighted by Crippen LogP contribution is -2.30. The molecule has 5 N–H and O–H groups in total. The molecule has 1 aliphatic heterocycles. The number of nitrogen functional groups attached to an aromatic ring is 1. The molecule has 0 aromatic carbocycles. The van der Waals surface area contributed by atoms with Crippen molar-refractivity contribution in [2.45, 2.75) is 38.6 Å². The fourth-order valence-electron chi connectivity index (χ4n) is 3.20. The van der Waals surface area contributed by atoms with E-state index in [2.05, 4.69) is 30.2 Å². The second-order valence-electron chi connectivity index (χ2n) is 7.30. The summed E-state index contributed by atoms with van der Waals surface area (Å²) in [5.41, 5.74) is 8.71. The zero-order valence-electron chi connectivity index (χ0n) is 17.9. The van der Waals surface area contributed by atoms with Crippen molar-refractivity contribution in [2.24, 2.45) is 0 Å². The van der Waals surface area contributed by atoms with Gasteiger partial charge < -0.3 is 21.1 Å². The van der Waals surface area contributed by atoms with Crippen LogP contribution in [0.2, 0.25) is 0 Å². The van der Waals surface area contributed by atoms with Gasteiger partial charge in [-0.1, -0.05) is 13.3 Å². The summed E-state index contributed by atoms with van der Waals surface area (Å²) in [6.07, 6.45) is 11.3. The third-order valence-electron chi connectivity index (χ3n) is 5.08. The fraction of sp³-hybridized carbons (Fsp3) is 0.500. The summed E-state index contributed by atoms with van der Waals surface area (Å²) in [4.78, 5) is 20.2. The number of H-pyrrole nitrogens is 1. The van der Waals surface area contributed by atoms with E-state index in [4.69, 9.17) is 5.73 Å². The minimum atomic E-state index is -0.719. The Hall–Kier alpha value is -2.63. The summed E-state index contributed by atoms with van der Waals surface area (Å²) >= 11 is 0. The van der Waals surface area contributed by atoms with Crippen molar-refractivity contribution in [1.82, 2.24) is 29.2 Å². The lowest BCUT2D eigenvalue weighted by molar-refractivity contribution is 0.271.